The van der Waals surface area contributed by atoms with E-state index in [1.807, 2.05) is 61.5 Å². The molecular weight excluding hydrogens is 316 g/mol. The summed E-state index contributed by atoms with van der Waals surface area (Å²) in [6.07, 6.45) is 1.02. The number of amides is 2. The Balaban J connectivity index is 1.88. The quantitative estimate of drug-likeness (QED) is 0.690. The fourth-order valence-corrected chi connectivity index (χ4v) is 2.55. The van der Waals surface area contributed by atoms with Crippen LogP contribution in [-0.4, -0.2) is 23.1 Å². The van der Waals surface area contributed by atoms with E-state index in [0.717, 1.165) is 11.1 Å². The van der Waals surface area contributed by atoms with Gasteiger partial charge in [-0.1, -0.05) is 60.2 Å². The van der Waals surface area contributed by atoms with E-state index in [4.69, 9.17) is 5.11 Å². The molecule has 0 saturated carbocycles. The lowest BCUT2D eigenvalue weighted by molar-refractivity contribution is -0.137. The van der Waals surface area contributed by atoms with Gasteiger partial charge in [0.25, 0.3) is 0 Å². The first-order valence-corrected chi connectivity index (χ1v) is 8.38. The topological polar surface area (TPSA) is 78.4 Å². The van der Waals surface area contributed by atoms with Gasteiger partial charge in [-0.05, 0) is 30.9 Å². The fourth-order valence-electron chi connectivity index (χ4n) is 2.55. The zero-order valence-electron chi connectivity index (χ0n) is 14.4. The van der Waals surface area contributed by atoms with Crippen molar-refractivity contribution in [1.82, 2.24) is 10.6 Å². The summed E-state index contributed by atoms with van der Waals surface area (Å²) >= 11 is 0. The molecule has 0 spiro atoms. The van der Waals surface area contributed by atoms with Gasteiger partial charge in [0.15, 0.2) is 0 Å². The molecule has 0 aliphatic heterocycles. The van der Waals surface area contributed by atoms with Gasteiger partial charge in [0.1, 0.15) is 0 Å². The highest BCUT2D eigenvalue weighted by atomic mass is 16.4. The number of carbonyl (C=O) groups excluding carboxylic acids is 1. The van der Waals surface area contributed by atoms with Crippen LogP contribution in [0.2, 0.25) is 0 Å². The third-order valence-corrected chi connectivity index (χ3v) is 3.94. The molecule has 2 amide bonds. The molecule has 0 bridgehead atoms. The van der Waals surface area contributed by atoms with Crippen LogP contribution < -0.4 is 10.6 Å². The number of rotatable bonds is 8. The summed E-state index contributed by atoms with van der Waals surface area (Å²) in [5.74, 6) is -0.861. The molecule has 0 fully saturated rings. The summed E-state index contributed by atoms with van der Waals surface area (Å²) in [5.41, 5.74) is 3.26. The predicted molar refractivity (Wildman–Crippen MR) is 97.4 cm³/mol. The molecule has 5 heteroatoms. The average Bonchev–Trinajstić information content (AvgIpc) is 2.60. The van der Waals surface area contributed by atoms with Crippen LogP contribution in [-0.2, 0) is 17.8 Å². The normalized spacial score (nSPS) is 11.6. The zero-order valence-corrected chi connectivity index (χ0v) is 14.4. The number of carbonyl (C=O) groups is 2. The lowest BCUT2D eigenvalue weighted by Gasteiger charge is -2.19. The second-order valence-electron chi connectivity index (χ2n) is 6.13. The van der Waals surface area contributed by atoms with Crippen LogP contribution in [0.15, 0.2) is 54.6 Å². The molecule has 3 N–H and O–H groups in total. The second-order valence-corrected chi connectivity index (χ2v) is 6.13. The molecule has 5 nitrogen and oxygen atoms in total. The van der Waals surface area contributed by atoms with Crippen molar-refractivity contribution < 1.29 is 14.7 Å². The SMILES string of the molecule is Cc1ccc(CNC(=O)NC(CCC(=O)O)Cc2ccccc2)cc1. The van der Waals surface area contributed by atoms with Gasteiger partial charge in [-0.25, -0.2) is 4.79 Å². The Morgan fingerprint density at radius 2 is 1.68 bits per heavy atom. The van der Waals surface area contributed by atoms with Crippen LogP contribution in [0, 0.1) is 6.92 Å². The van der Waals surface area contributed by atoms with Gasteiger partial charge in [0, 0.05) is 19.0 Å². The van der Waals surface area contributed by atoms with E-state index in [-0.39, 0.29) is 18.5 Å². The number of benzene rings is 2. The minimum Gasteiger partial charge on any atom is -0.481 e. The number of aliphatic carboxylic acids is 1. The third-order valence-electron chi connectivity index (χ3n) is 3.94. The molecule has 25 heavy (non-hydrogen) atoms. The van der Waals surface area contributed by atoms with Gasteiger partial charge in [-0.3, -0.25) is 4.79 Å². The number of aryl methyl sites for hydroxylation is 1. The molecular formula is C20H24N2O3. The number of carboxylic acids is 1. The fraction of sp³-hybridized carbons (Fsp3) is 0.300. The molecule has 0 heterocycles. The maximum absolute atomic E-state index is 12.2. The highest BCUT2D eigenvalue weighted by Gasteiger charge is 2.14. The van der Waals surface area contributed by atoms with Crippen LogP contribution in [0.4, 0.5) is 4.79 Å². The molecule has 1 unspecified atom stereocenters. The Hall–Kier alpha value is -2.82. The predicted octanol–water partition coefficient (Wildman–Crippen LogP) is 3.27. The van der Waals surface area contributed by atoms with Crippen molar-refractivity contribution in [1.29, 1.82) is 0 Å². The molecule has 2 aromatic rings. The molecule has 2 rings (SSSR count). The molecule has 0 saturated heterocycles. The molecule has 0 aromatic heterocycles. The minimum absolute atomic E-state index is 0.0236. The van der Waals surface area contributed by atoms with Gasteiger partial charge >= 0.3 is 12.0 Å². The Morgan fingerprint density at radius 1 is 1.00 bits per heavy atom. The molecule has 1 atom stereocenters. The average molecular weight is 340 g/mol. The summed E-state index contributed by atoms with van der Waals surface area (Å²) in [6, 6.07) is 17.2. The number of urea groups is 1. The largest absolute Gasteiger partial charge is 0.481 e. The summed E-state index contributed by atoms with van der Waals surface area (Å²) in [5, 5.41) is 14.6. The van der Waals surface area contributed by atoms with Crippen molar-refractivity contribution in [3.8, 4) is 0 Å². The minimum atomic E-state index is -0.861. The summed E-state index contributed by atoms with van der Waals surface area (Å²) in [6.45, 7) is 2.45. The van der Waals surface area contributed by atoms with E-state index in [2.05, 4.69) is 10.6 Å². The number of hydrogen-bond acceptors (Lipinski definition) is 2. The first-order valence-electron chi connectivity index (χ1n) is 8.38. The standard InChI is InChI=1S/C20H24N2O3/c1-15-7-9-17(10-8-15)14-21-20(25)22-18(11-12-19(23)24)13-16-5-3-2-4-6-16/h2-10,18H,11-14H2,1H3,(H,23,24)(H2,21,22,25). The van der Waals surface area contributed by atoms with Crippen molar-refractivity contribution in [2.45, 2.75) is 38.8 Å². The molecule has 0 aliphatic carbocycles. The summed E-state index contributed by atoms with van der Waals surface area (Å²) in [7, 11) is 0. The lowest BCUT2D eigenvalue weighted by atomic mass is 10.0. The van der Waals surface area contributed by atoms with E-state index in [0.29, 0.717) is 19.4 Å². The van der Waals surface area contributed by atoms with Crippen LogP contribution in [0.3, 0.4) is 0 Å². The van der Waals surface area contributed by atoms with E-state index in [1.54, 1.807) is 0 Å². The Labute approximate surface area is 148 Å². The van der Waals surface area contributed by atoms with Crippen LogP contribution in [0.1, 0.15) is 29.5 Å². The maximum Gasteiger partial charge on any atom is 0.315 e. The van der Waals surface area contributed by atoms with Crippen LogP contribution >= 0.6 is 0 Å². The van der Waals surface area contributed by atoms with Crippen molar-refractivity contribution in [2.24, 2.45) is 0 Å². The number of carboxylic acid groups (broad SMARTS) is 1. The van der Waals surface area contributed by atoms with Gasteiger partial charge in [0.05, 0.1) is 0 Å². The molecule has 0 radical (unpaired) electrons. The highest BCUT2D eigenvalue weighted by Crippen LogP contribution is 2.08. The van der Waals surface area contributed by atoms with Crippen molar-refractivity contribution >= 4 is 12.0 Å². The van der Waals surface area contributed by atoms with Gasteiger partial charge in [-0.2, -0.15) is 0 Å². The van der Waals surface area contributed by atoms with Crippen molar-refractivity contribution in [3.63, 3.8) is 0 Å². The summed E-state index contributed by atoms with van der Waals surface area (Å²) < 4.78 is 0. The summed E-state index contributed by atoms with van der Waals surface area (Å²) in [4.78, 5) is 23.0. The smallest absolute Gasteiger partial charge is 0.315 e. The van der Waals surface area contributed by atoms with E-state index in [9.17, 15) is 9.59 Å². The van der Waals surface area contributed by atoms with Crippen LogP contribution in [0.25, 0.3) is 0 Å². The Bertz CT molecular complexity index is 684. The zero-order chi connectivity index (χ0) is 18.1. The van der Waals surface area contributed by atoms with E-state index >= 15 is 0 Å². The molecule has 132 valence electrons. The Kier molecular flexibility index (Phi) is 7.01. The highest BCUT2D eigenvalue weighted by molar-refractivity contribution is 5.74. The van der Waals surface area contributed by atoms with Crippen LogP contribution in [0.5, 0.6) is 0 Å². The van der Waals surface area contributed by atoms with Gasteiger partial charge in [-0.15, -0.1) is 0 Å². The first kappa shape index (κ1) is 18.5. The second kappa shape index (κ2) is 9.47. The third kappa shape index (κ3) is 7.08. The number of nitrogens with one attached hydrogen (secondary N) is 2. The van der Waals surface area contributed by atoms with Gasteiger partial charge in [0.2, 0.25) is 0 Å². The molecule has 0 aliphatic rings. The van der Waals surface area contributed by atoms with E-state index in [1.165, 1.54) is 5.56 Å². The lowest BCUT2D eigenvalue weighted by Crippen LogP contribution is -2.43. The first-order chi connectivity index (χ1) is 12.0. The molecule has 2 aromatic carbocycles. The monoisotopic (exact) mass is 340 g/mol. The number of hydrogen-bond donors (Lipinski definition) is 3. The Morgan fingerprint density at radius 3 is 2.32 bits per heavy atom. The van der Waals surface area contributed by atoms with Crippen molar-refractivity contribution in [2.75, 3.05) is 0 Å². The maximum atomic E-state index is 12.2. The van der Waals surface area contributed by atoms with Crippen molar-refractivity contribution in [3.05, 3.63) is 71.3 Å². The van der Waals surface area contributed by atoms with E-state index < -0.39 is 5.97 Å². The van der Waals surface area contributed by atoms with Gasteiger partial charge < -0.3 is 15.7 Å².